The summed E-state index contributed by atoms with van der Waals surface area (Å²) in [4.78, 5) is 6.23. The molecule has 1 aliphatic heterocycles. The van der Waals surface area contributed by atoms with E-state index in [2.05, 4.69) is 75.1 Å². The molecule has 0 radical (unpaired) electrons. The van der Waals surface area contributed by atoms with Crippen molar-refractivity contribution in [3.05, 3.63) is 83.3 Å². The van der Waals surface area contributed by atoms with Crippen LogP contribution < -0.4 is 10.6 Å². The van der Waals surface area contributed by atoms with Crippen LogP contribution in [0.5, 0.6) is 0 Å². The normalized spacial score (nSPS) is 16.3. The largest absolute Gasteiger partial charge is 0.385 e. The highest BCUT2D eigenvalue weighted by molar-refractivity contribution is 5.97. The number of nitrogens with zero attached hydrogens (tertiary/aromatic N) is 3. The lowest BCUT2D eigenvalue weighted by Crippen LogP contribution is -2.16. The minimum absolute atomic E-state index is 0.745. The molecule has 35 heavy (non-hydrogen) atoms. The monoisotopic (exact) mass is 466 g/mol. The van der Waals surface area contributed by atoms with Crippen LogP contribution in [-0.4, -0.2) is 58.6 Å². The summed E-state index contributed by atoms with van der Waals surface area (Å²) in [6.45, 7) is 1.95. The number of nitrogens with one attached hydrogen (secondary N) is 3. The van der Waals surface area contributed by atoms with Crippen LogP contribution in [0.25, 0.3) is 34.7 Å². The van der Waals surface area contributed by atoms with Crippen molar-refractivity contribution in [1.82, 2.24) is 20.1 Å². The topological polar surface area (TPSA) is 89.1 Å². The Bertz CT molecular complexity index is 1370. The first-order chi connectivity index (χ1) is 17.1. The molecule has 5 rings (SSSR count). The number of aromatic nitrogens is 3. The Morgan fingerprint density at radius 3 is 2.71 bits per heavy atom. The fourth-order valence-electron chi connectivity index (χ4n) is 4.28. The first kappa shape index (κ1) is 22.8. The molecule has 4 N–H and O–H groups in total. The van der Waals surface area contributed by atoms with Crippen LogP contribution in [0, 0.1) is 0 Å². The van der Waals surface area contributed by atoms with Gasteiger partial charge in [0.2, 0.25) is 0 Å². The van der Waals surface area contributed by atoms with Crippen molar-refractivity contribution < 1.29 is 5.11 Å². The zero-order valence-electron chi connectivity index (χ0n) is 20.0. The van der Waals surface area contributed by atoms with E-state index >= 15 is 0 Å². The molecule has 7 nitrogen and oxygen atoms in total. The number of anilines is 2. The van der Waals surface area contributed by atoms with Crippen LogP contribution in [0.1, 0.15) is 28.8 Å². The first-order valence-electron chi connectivity index (χ1n) is 11.8. The molecule has 4 aromatic rings. The maximum atomic E-state index is 10.7. The molecule has 2 aromatic carbocycles. The van der Waals surface area contributed by atoms with Gasteiger partial charge < -0.3 is 20.6 Å². The molecule has 7 heteroatoms. The Labute approximate surface area is 205 Å². The van der Waals surface area contributed by atoms with E-state index in [1.807, 2.05) is 36.4 Å². The van der Waals surface area contributed by atoms with Gasteiger partial charge in [0.25, 0.3) is 0 Å². The number of aliphatic hydroxyl groups is 1. The molecule has 0 fully saturated rings. The molecule has 0 saturated heterocycles. The van der Waals surface area contributed by atoms with Gasteiger partial charge in [-0.3, -0.25) is 10.1 Å². The van der Waals surface area contributed by atoms with Crippen molar-refractivity contribution >= 4 is 46.1 Å². The molecule has 0 bridgehead atoms. The average Bonchev–Trinajstić information content (AvgIpc) is 3.41. The first-order valence-corrected chi connectivity index (χ1v) is 11.8. The molecule has 178 valence electrons. The third-order valence-corrected chi connectivity index (χ3v) is 6.11. The highest BCUT2D eigenvalue weighted by Gasteiger charge is 2.24. The van der Waals surface area contributed by atoms with Crippen LogP contribution in [0.3, 0.4) is 0 Å². The van der Waals surface area contributed by atoms with Crippen LogP contribution in [0.4, 0.5) is 11.4 Å². The molecule has 1 atom stereocenters. The predicted molar refractivity (Wildman–Crippen MR) is 145 cm³/mol. The number of hydrogen-bond donors (Lipinski definition) is 4. The minimum atomic E-state index is -0.745. The maximum Gasteiger partial charge on any atom is 0.151 e. The van der Waals surface area contributed by atoms with E-state index in [0.717, 1.165) is 69.7 Å². The summed E-state index contributed by atoms with van der Waals surface area (Å²) >= 11 is 0. The fraction of sp³-hybridized carbons (Fsp3) is 0.214. The third-order valence-electron chi connectivity index (χ3n) is 6.11. The second kappa shape index (κ2) is 10.1. The Morgan fingerprint density at radius 2 is 1.89 bits per heavy atom. The van der Waals surface area contributed by atoms with Crippen molar-refractivity contribution in [2.45, 2.75) is 12.6 Å². The van der Waals surface area contributed by atoms with E-state index in [0.29, 0.717) is 0 Å². The Morgan fingerprint density at radius 1 is 1.03 bits per heavy atom. The van der Waals surface area contributed by atoms with E-state index in [4.69, 9.17) is 0 Å². The molecule has 3 heterocycles. The predicted octanol–water partition coefficient (Wildman–Crippen LogP) is 4.78. The number of benzene rings is 2. The summed E-state index contributed by atoms with van der Waals surface area (Å²) in [6.07, 6.45) is 9.93. The van der Waals surface area contributed by atoms with Crippen molar-refractivity contribution in [3.63, 3.8) is 0 Å². The van der Waals surface area contributed by atoms with Gasteiger partial charge in [-0.1, -0.05) is 12.1 Å². The molecule has 1 aliphatic rings. The van der Waals surface area contributed by atoms with E-state index in [-0.39, 0.29) is 0 Å². The molecule has 1 unspecified atom stereocenters. The van der Waals surface area contributed by atoms with Gasteiger partial charge >= 0.3 is 0 Å². The number of fused-ring (bicyclic) bond motifs is 2. The summed E-state index contributed by atoms with van der Waals surface area (Å²) in [7, 11) is 4.17. The van der Waals surface area contributed by atoms with Gasteiger partial charge in [0.15, 0.2) is 6.23 Å². The zero-order chi connectivity index (χ0) is 24.2. The number of rotatable bonds is 8. The van der Waals surface area contributed by atoms with E-state index < -0.39 is 6.23 Å². The van der Waals surface area contributed by atoms with Crippen molar-refractivity contribution in [1.29, 1.82) is 0 Å². The number of pyridine rings is 1. The third kappa shape index (κ3) is 5.26. The van der Waals surface area contributed by atoms with Crippen molar-refractivity contribution in [2.24, 2.45) is 0 Å². The molecular weight excluding hydrogens is 436 g/mol. The van der Waals surface area contributed by atoms with Crippen molar-refractivity contribution in [2.75, 3.05) is 37.8 Å². The summed E-state index contributed by atoms with van der Waals surface area (Å²) in [6, 6.07) is 16.3. The second-order valence-corrected chi connectivity index (χ2v) is 9.02. The minimum Gasteiger partial charge on any atom is -0.385 e. The van der Waals surface area contributed by atoms with Gasteiger partial charge in [0, 0.05) is 46.8 Å². The molecule has 0 spiro atoms. The number of hydrogen-bond acceptors (Lipinski definition) is 6. The summed E-state index contributed by atoms with van der Waals surface area (Å²) in [5, 5.41) is 26.0. The SMILES string of the molecule is CN(C)CCCNc1ccc2c(c1)/C(=C\c1ccc3c(/C=C/c4ccncc4)n[nH]c3c1)C(O)N2. The zero-order valence-corrected chi connectivity index (χ0v) is 20.0. The molecule has 0 saturated carbocycles. The number of aromatic amines is 1. The fourth-order valence-corrected chi connectivity index (χ4v) is 4.28. The summed E-state index contributed by atoms with van der Waals surface area (Å²) in [5.41, 5.74) is 7.77. The smallest absolute Gasteiger partial charge is 0.151 e. The van der Waals surface area contributed by atoms with E-state index in [1.165, 1.54) is 0 Å². The molecule has 2 aromatic heterocycles. The van der Waals surface area contributed by atoms with Gasteiger partial charge in [-0.2, -0.15) is 5.10 Å². The van der Waals surface area contributed by atoms with Gasteiger partial charge in [0.05, 0.1) is 11.2 Å². The van der Waals surface area contributed by atoms with E-state index in [1.54, 1.807) is 12.4 Å². The quantitative estimate of drug-likeness (QED) is 0.280. The highest BCUT2D eigenvalue weighted by Crippen LogP contribution is 2.37. The van der Waals surface area contributed by atoms with Crippen molar-refractivity contribution in [3.8, 4) is 0 Å². The van der Waals surface area contributed by atoms with Gasteiger partial charge in [-0.25, -0.2) is 0 Å². The molecule has 0 aliphatic carbocycles. The Kier molecular flexibility index (Phi) is 6.61. The highest BCUT2D eigenvalue weighted by atomic mass is 16.3. The van der Waals surface area contributed by atoms with Crippen LogP contribution in [-0.2, 0) is 0 Å². The van der Waals surface area contributed by atoms with Crippen LogP contribution >= 0.6 is 0 Å². The van der Waals surface area contributed by atoms with Crippen LogP contribution in [0.2, 0.25) is 0 Å². The van der Waals surface area contributed by atoms with E-state index in [9.17, 15) is 5.11 Å². The van der Waals surface area contributed by atoms with Gasteiger partial charge in [-0.05, 0) is 92.8 Å². The lowest BCUT2D eigenvalue weighted by Gasteiger charge is -2.11. The average molecular weight is 467 g/mol. The number of aliphatic hydroxyl groups excluding tert-OH is 1. The van der Waals surface area contributed by atoms with Crippen LogP contribution in [0.15, 0.2) is 60.9 Å². The van der Waals surface area contributed by atoms with Gasteiger partial charge in [0.1, 0.15) is 0 Å². The molecular formula is C28H30N6O. The second-order valence-electron chi connectivity index (χ2n) is 9.02. The Hall–Kier alpha value is -3.94. The maximum absolute atomic E-state index is 10.7. The standard InChI is InChI=1S/C28H30N6O/c1-34(2)15-3-12-30-21-6-9-25-23(18-21)24(28(35)31-25)16-20-4-7-22-26(32-33-27(22)17-20)8-5-19-10-13-29-14-11-19/h4-11,13-14,16-18,28,30-31,35H,3,12,15H2,1-2H3,(H,32,33)/b8-5+,24-16+. The van der Waals surface area contributed by atoms with Gasteiger partial charge in [-0.15, -0.1) is 0 Å². The Balaban J connectivity index is 1.36. The lowest BCUT2D eigenvalue weighted by molar-refractivity contribution is 0.266. The summed E-state index contributed by atoms with van der Waals surface area (Å²) in [5.74, 6) is 0. The summed E-state index contributed by atoms with van der Waals surface area (Å²) < 4.78 is 0. The number of H-pyrrole nitrogens is 1. The lowest BCUT2D eigenvalue weighted by atomic mass is 10.0. The molecule has 0 amide bonds.